The highest BCUT2D eigenvalue weighted by Crippen LogP contribution is 2.21. The molecule has 6 nitrogen and oxygen atoms in total. The molecule has 6 heteroatoms. The molecule has 2 aliphatic rings. The molecule has 2 atom stereocenters. The molecular weight excluding hydrogens is 268 g/mol. The first-order chi connectivity index (χ1) is 10.2. The van der Waals surface area contributed by atoms with Crippen molar-refractivity contribution >= 4 is 5.96 Å². The van der Waals surface area contributed by atoms with Gasteiger partial charge in [0.05, 0.1) is 19.8 Å². The molecule has 2 fully saturated rings. The Morgan fingerprint density at radius 3 is 2.57 bits per heavy atom. The van der Waals surface area contributed by atoms with Gasteiger partial charge in [-0.2, -0.15) is 0 Å². The molecule has 2 unspecified atom stereocenters. The molecule has 0 aromatic rings. The zero-order valence-corrected chi connectivity index (χ0v) is 13.6. The lowest BCUT2D eigenvalue weighted by molar-refractivity contribution is 0.00246. The van der Waals surface area contributed by atoms with Crippen LogP contribution in [0.25, 0.3) is 0 Å². The van der Waals surface area contributed by atoms with Crippen molar-refractivity contribution in [1.82, 2.24) is 15.5 Å². The first-order valence-electron chi connectivity index (χ1n) is 8.07. The van der Waals surface area contributed by atoms with Crippen LogP contribution in [0.1, 0.15) is 20.3 Å². The van der Waals surface area contributed by atoms with E-state index in [9.17, 15) is 0 Å². The summed E-state index contributed by atoms with van der Waals surface area (Å²) < 4.78 is 11.1. The molecule has 0 amide bonds. The van der Waals surface area contributed by atoms with E-state index in [4.69, 9.17) is 9.47 Å². The lowest BCUT2D eigenvalue weighted by atomic mass is 9.97. The third kappa shape index (κ3) is 5.13. The van der Waals surface area contributed by atoms with Crippen LogP contribution in [0.3, 0.4) is 0 Å². The number of nitrogens with zero attached hydrogens (tertiary/aromatic N) is 2. The minimum Gasteiger partial charge on any atom is -0.381 e. The molecule has 2 N–H and O–H groups in total. The van der Waals surface area contributed by atoms with E-state index >= 15 is 0 Å². The van der Waals surface area contributed by atoms with Gasteiger partial charge in [-0.15, -0.1) is 0 Å². The topological polar surface area (TPSA) is 58.1 Å². The molecule has 0 aromatic carbocycles. The summed E-state index contributed by atoms with van der Waals surface area (Å²) in [5.41, 5.74) is 0. The van der Waals surface area contributed by atoms with Crippen LogP contribution in [0, 0.1) is 5.92 Å². The zero-order valence-electron chi connectivity index (χ0n) is 13.6. The van der Waals surface area contributed by atoms with Crippen molar-refractivity contribution < 1.29 is 9.47 Å². The Morgan fingerprint density at radius 1 is 1.24 bits per heavy atom. The van der Waals surface area contributed by atoms with Crippen LogP contribution >= 0.6 is 0 Å². The molecule has 0 spiro atoms. The number of nitrogens with one attached hydrogen (secondary N) is 2. The molecule has 2 rings (SSSR count). The molecular formula is C15H30N4O2. The second-order valence-corrected chi connectivity index (χ2v) is 6.09. The Hall–Kier alpha value is -0.850. The fourth-order valence-corrected chi connectivity index (χ4v) is 3.03. The Morgan fingerprint density at radius 2 is 2.00 bits per heavy atom. The Bertz CT molecular complexity index is 324. The van der Waals surface area contributed by atoms with Crippen LogP contribution in [-0.2, 0) is 9.47 Å². The zero-order chi connectivity index (χ0) is 15.1. The van der Waals surface area contributed by atoms with Crippen LogP contribution in [0.15, 0.2) is 4.99 Å². The van der Waals surface area contributed by atoms with Crippen LogP contribution in [0.2, 0.25) is 0 Å². The van der Waals surface area contributed by atoms with E-state index < -0.39 is 0 Å². The van der Waals surface area contributed by atoms with Gasteiger partial charge in [0.1, 0.15) is 0 Å². The third-order valence-corrected chi connectivity index (χ3v) is 4.15. The number of aliphatic imine (C=N–C) groups is 1. The molecule has 122 valence electrons. The number of hydrogen-bond donors (Lipinski definition) is 2. The number of rotatable bonds is 5. The molecule has 0 radical (unpaired) electrons. The number of ether oxygens (including phenoxy) is 2. The third-order valence-electron chi connectivity index (χ3n) is 4.15. The van der Waals surface area contributed by atoms with Gasteiger partial charge in [0.2, 0.25) is 0 Å². The summed E-state index contributed by atoms with van der Waals surface area (Å²) in [6, 6.07) is 0.870. The van der Waals surface area contributed by atoms with E-state index in [0.29, 0.717) is 18.0 Å². The quantitative estimate of drug-likeness (QED) is 0.565. The maximum Gasteiger partial charge on any atom is 0.191 e. The molecule has 21 heavy (non-hydrogen) atoms. The highest BCUT2D eigenvalue weighted by molar-refractivity contribution is 5.79. The average Bonchev–Trinajstić information content (AvgIpc) is 3.01. The summed E-state index contributed by atoms with van der Waals surface area (Å²) in [5, 5.41) is 6.82. The van der Waals surface area contributed by atoms with Gasteiger partial charge in [0.25, 0.3) is 0 Å². The predicted octanol–water partition coefficient (Wildman–Crippen LogP) is 0.297. The molecule has 2 heterocycles. The van der Waals surface area contributed by atoms with Crippen LogP contribution in [0.4, 0.5) is 0 Å². The Balaban J connectivity index is 1.91. The fraction of sp³-hybridized carbons (Fsp3) is 0.933. The number of hydrogen-bond acceptors (Lipinski definition) is 4. The van der Waals surface area contributed by atoms with Crippen LogP contribution in [-0.4, -0.2) is 76.1 Å². The largest absolute Gasteiger partial charge is 0.381 e. The van der Waals surface area contributed by atoms with Gasteiger partial charge in [0, 0.05) is 51.3 Å². The summed E-state index contributed by atoms with van der Waals surface area (Å²) in [5.74, 6) is 1.48. The van der Waals surface area contributed by atoms with Crippen LogP contribution in [0.5, 0.6) is 0 Å². The van der Waals surface area contributed by atoms with Gasteiger partial charge in [-0.25, -0.2) is 0 Å². The minimum atomic E-state index is 0.382. The van der Waals surface area contributed by atoms with Gasteiger partial charge >= 0.3 is 0 Å². The van der Waals surface area contributed by atoms with Crippen molar-refractivity contribution in [2.45, 2.75) is 32.4 Å². The minimum absolute atomic E-state index is 0.382. The van der Waals surface area contributed by atoms with Gasteiger partial charge in [-0.1, -0.05) is 0 Å². The van der Waals surface area contributed by atoms with E-state index in [0.717, 1.165) is 58.4 Å². The number of guanidine groups is 1. The van der Waals surface area contributed by atoms with E-state index in [1.807, 2.05) is 7.05 Å². The SMILES string of the molecule is CN=C(NCC(C1CCOC1)N1CCOCC1)NC(C)C. The molecule has 2 aliphatic heterocycles. The number of morpholine rings is 1. The lowest BCUT2D eigenvalue weighted by Crippen LogP contribution is -2.54. The van der Waals surface area contributed by atoms with Crippen molar-refractivity contribution in [3.8, 4) is 0 Å². The second-order valence-electron chi connectivity index (χ2n) is 6.09. The molecule has 0 aromatic heterocycles. The lowest BCUT2D eigenvalue weighted by Gasteiger charge is -2.37. The van der Waals surface area contributed by atoms with E-state index in [2.05, 4.69) is 34.4 Å². The Kier molecular flexibility index (Phi) is 6.73. The smallest absolute Gasteiger partial charge is 0.191 e. The fourth-order valence-electron chi connectivity index (χ4n) is 3.03. The van der Waals surface area contributed by atoms with Crippen molar-refractivity contribution in [2.75, 3.05) is 53.1 Å². The first-order valence-corrected chi connectivity index (χ1v) is 8.07. The molecule has 0 bridgehead atoms. The van der Waals surface area contributed by atoms with Gasteiger partial charge in [-0.05, 0) is 20.3 Å². The summed E-state index contributed by atoms with van der Waals surface area (Å²) in [6.07, 6.45) is 1.15. The van der Waals surface area contributed by atoms with Crippen molar-refractivity contribution in [3.63, 3.8) is 0 Å². The van der Waals surface area contributed by atoms with Crippen molar-refractivity contribution in [3.05, 3.63) is 0 Å². The highest BCUT2D eigenvalue weighted by atomic mass is 16.5. The maximum atomic E-state index is 5.60. The molecule has 2 saturated heterocycles. The summed E-state index contributed by atoms with van der Waals surface area (Å²) in [6.45, 7) is 10.6. The second kappa shape index (κ2) is 8.56. The van der Waals surface area contributed by atoms with E-state index in [1.54, 1.807) is 0 Å². The predicted molar refractivity (Wildman–Crippen MR) is 84.7 cm³/mol. The van der Waals surface area contributed by atoms with Gasteiger partial charge < -0.3 is 20.1 Å². The standard InChI is InChI=1S/C15H30N4O2/c1-12(2)18-15(16-3)17-10-14(13-4-7-21-11-13)19-5-8-20-9-6-19/h12-14H,4-11H2,1-3H3,(H2,16,17,18). The van der Waals surface area contributed by atoms with Gasteiger partial charge in [-0.3, -0.25) is 9.89 Å². The van der Waals surface area contributed by atoms with Crippen molar-refractivity contribution in [2.24, 2.45) is 10.9 Å². The van der Waals surface area contributed by atoms with Crippen molar-refractivity contribution in [1.29, 1.82) is 0 Å². The normalized spacial score (nSPS) is 26.1. The van der Waals surface area contributed by atoms with E-state index in [1.165, 1.54) is 0 Å². The van der Waals surface area contributed by atoms with Gasteiger partial charge in [0.15, 0.2) is 5.96 Å². The highest BCUT2D eigenvalue weighted by Gasteiger charge is 2.31. The molecule has 0 saturated carbocycles. The maximum absolute atomic E-state index is 5.60. The summed E-state index contributed by atoms with van der Waals surface area (Å²) in [4.78, 5) is 6.83. The summed E-state index contributed by atoms with van der Waals surface area (Å²) >= 11 is 0. The van der Waals surface area contributed by atoms with Crippen LogP contribution < -0.4 is 10.6 Å². The monoisotopic (exact) mass is 298 g/mol. The average molecular weight is 298 g/mol. The summed E-state index contributed by atoms with van der Waals surface area (Å²) in [7, 11) is 1.82. The van der Waals surface area contributed by atoms with E-state index in [-0.39, 0.29) is 0 Å². The Labute approximate surface area is 128 Å². The first kappa shape index (κ1) is 16.5. The molecule has 0 aliphatic carbocycles.